The maximum Gasteiger partial charge on any atom is 0.322 e. The van der Waals surface area contributed by atoms with Crippen LogP contribution in [0.5, 0.6) is 0 Å². The summed E-state index contributed by atoms with van der Waals surface area (Å²) in [5, 5.41) is 5.35. The first kappa shape index (κ1) is 9.02. The molecule has 2 N–H and O–H groups in total. The van der Waals surface area contributed by atoms with Crippen molar-refractivity contribution in [1.82, 2.24) is 10.6 Å². The van der Waals surface area contributed by atoms with Crippen LogP contribution in [0.3, 0.4) is 0 Å². The van der Waals surface area contributed by atoms with E-state index in [0.717, 1.165) is 18.8 Å². The third-order valence-corrected chi connectivity index (χ3v) is 5.49. The van der Waals surface area contributed by atoms with Crippen LogP contribution >= 0.6 is 0 Å². The van der Waals surface area contributed by atoms with Crippen molar-refractivity contribution in [2.45, 2.75) is 37.6 Å². The standard InChI is InChI=1S/C12H16N2O2/c15-10-12(14-11(16)13-10)5-6-4-9(12)8-3-1-2-7(6)8/h6-9H,1-5H2,(H2,13,14,15,16)/t6-,7-,8-,9+,12-/m1/s1. The van der Waals surface area contributed by atoms with E-state index in [-0.39, 0.29) is 11.9 Å². The molecule has 0 radical (unpaired) electrons. The highest BCUT2D eigenvalue weighted by atomic mass is 16.2. The van der Waals surface area contributed by atoms with Crippen molar-refractivity contribution in [2.75, 3.05) is 0 Å². The zero-order valence-corrected chi connectivity index (χ0v) is 9.16. The van der Waals surface area contributed by atoms with E-state index in [4.69, 9.17) is 0 Å². The summed E-state index contributed by atoms with van der Waals surface area (Å²) in [5.74, 6) is 2.58. The smallest absolute Gasteiger partial charge is 0.322 e. The highest BCUT2D eigenvalue weighted by Gasteiger charge is 2.66. The third-order valence-electron chi connectivity index (χ3n) is 5.49. The van der Waals surface area contributed by atoms with Crippen LogP contribution in [-0.2, 0) is 4.79 Å². The lowest BCUT2D eigenvalue weighted by Gasteiger charge is -2.37. The summed E-state index contributed by atoms with van der Waals surface area (Å²) in [4.78, 5) is 23.3. The summed E-state index contributed by atoms with van der Waals surface area (Å²) in [5.41, 5.74) is -0.521. The van der Waals surface area contributed by atoms with Gasteiger partial charge in [0.2, 0.25) is 0 Å². The van der Waals surface area contributed by atoms with Crippen molar-refractivity contribution >= 4 is 11.9 Å². The molecule has 5 atom stereocenters. The average Bonchev–Trinajstić information content (AvgIpc) is 2.89. The van der Waals surface area contributed by atoms with Crippen LogP contribution in [-0.4, -0.2) is 17.5 Å². The Bertz CT molecular complexity index is 394. The number of imide groups is 1. The van der Waals surface area contributed by atoms with Gasteiger partial charge in [0, 0.05) is 0 Å². The van der Waals surface area contributed by atoms with Crippen LogP contribution in [0.1, 0.15) is 32.1 Å². The van der Waals surface area contributed by atoms with E-state index >= 15 is 0 Å². The molecule has 4 fully saturated rings. The molecule has 16 heavy (non-hydrogen) atoms. The third kappa shape index (κ3) is 0.837. The number of urea groups is 1. The molecule has 2 bridgehead atoms. The highest BCUT2D eigenvalue weighted by molar-refractivity contribution is 6.07. The summed E-state index contributed by atoms with van der Waals surface area (Å²) in [6.45, 7) is 0. The van der Waals surface area contributed by atoms with Gasteiger partial charge in [0.25, 0.3) is 5.91 Å². The van der Waals surface area contributed by atoms with Gasteiger partial charge in [-0.25, -0.2) is 4.79 Å². The Morgan fingerprint density at radius 2 is 2.00 bits per heavy atom. The second kappa shape index (κ2) is 2.60. The maximum absolute atomic E-state index is 12.0. The van der Waals surface area contributed by atoms with Gasteiger partial charge in [-0.2, -0.15) is 0 Å². The summed E-state index contributed by atoms with van der Waals surface area (Å²) in [6.07, 6.45) is 5.96. The molecular formula is C12H16N2O2. The molecule has 0 unspecified atom stereocenters. The molecule has 0 aromatic carbocycles. The van der Waals surface area contributed by atoms with Crippen molar-refractivity contribution in [3.8, 4) is 0 Å². The number of fused-ring (bicyclic) bond motifs is 6. The quantitative estimate of drug-likeness (QED) is 0.599. The lowest BCUT2D eigenvalue weighted by Crippen LogP contribution is -2.54. The SMILES string of the molecule is O=C1NC(=O)[C@]2(C[C@H]3C[C@H]2[C@@H]2CCC[C@H]32)N1. The molecule has 1 saturated heterocycles. The monoisotopic (exact) mass is 220 g/mol. The minimum absolute atomic E-state index is 0.0599. The van der Waals surface area contributed by atoms with Gasteiger partial charge in [-0.1, -0.05) is 6.42 Å². The first-order chi connectivity index (χ1) is 7.71. The highest BCUT2D eigenvalue weighted by Crippen LogP contribution is 2.62. The molecule has 4 nitrogen and oxygen atoms in total. The van der Waals surface area contributed by atoms with Crippen LogP contribution < -0.4 is 10.6 Å². The van der Waals surface area contributed by atoms with Gasteiger partial charge in [0.1, 0.15) is 5.54 Å². The number of hydrogen-bond donors (Lipinski definition) is 2. The van der Waals surface area contributed by atoms with E-state index in [1.165, 1.54) is 19.3 Å². The number of hydrogen-bond acceptors (Lipinski definition) is 2. The number of amides is 3. The topological polar surface area (TPSA) is 58.2 Å². The predicted molar refractivity (Wildman–Crippen MR) is 56.5 cm³/mol. The van der Waals surface area contributed by atoms with Crippen LogP contribution in [0.15, 0.2) is 0 Å². The number of nitrogens with one attached hydrogen (secondary N) is 2. The Labute approximate surface area is 94.2 Å². The number of carbonyl (C=O) groups excluding carboxylic acids is 2. The Morgan fingerprint density at radius 3 is 2.75 bits per heavy atom. The largest absolute Gasteiger partial charge is 0.323 e. The Hall–Kier alpha value is -1.06. The second-order valence-corrected chi connectivity index (χ2v) is 5.94. The van der Waals surface area contributed by atoms with Gasteiger partial charge in [0.15, 0.2) is 0 Å². The zero-order chi connectivity index (χ0) is 10.9. The van der Waals surface area contributed by atoms with Crippen LogP contribution in [0.25, 0.3) is 0 Å². The Morgan fingerprint density at radius 1 is 1.19 bits per heavy atom. The van der Waals surface area contributed by atoms with Crippen molar-refractivity contribution in [2.24, 2.45) is 23.7 Å². The molecule has 4 aliphatic rings. The van der Waals surface area contributed by atoms with Crippen molar-refractivity contribution in [1.29, 1.82) is 0 Å². The van der Waals surface area contributed by atoms with Gasteiger partial charge in [-0.15, -0.1) is 0 Å². The fourth-order valence-corrected chi connectivity index (χ4v) is 5.05. The molecule has 4 rings (SSSR count). The summed E-state index contributed by atoms with van der Waals surface area (Å²) in [7, 11) is 0. The summed E-state index contributed by atoms with van der Waals surface area (Å²) < 4.78 is 0. The van der Waals surface area contributed by atoms with E-state index in [2.05, 4.69) is 10.6 Å². The van der Waals surface area contributed by atoms with Crippen molar-refractivity contribution < 1.29 is 9.59 Å². The minimum Gasteiger partial charge on any atom is -0.323 e. The second-order valence-electron chi connectivity index (χ2n) is 5.94. The van der Waals surface area contributed by atoms with Crippen LogP contribution in [0, 0.1) is 23.7 Å². The molecule has 3 aliphatic carbocycles. The average molecular weight is 220 g/mol. The molecule has 1 aliphatic heterocycles. The molecule has 0 aromatic rings. The number of rotatable bonds is 0. The zero-order valence-electron chi connectivity index (χ0n) is 9.16. The minimum atomic E-state index is -0.521. The van der Waals surface area contributed by atoms with Crippen molar-refractivity contribution in [3.05, 3.63) is 0 Å². The molecule has 3 amide bonds. The van der Waals surface area contributed by atoms with Crippen LogP contribution in [0.2, 0.25) is 0 Å². The van der Waals surface area contributed by atoms with Gasteiger partial charge in [0.05, 0.1) is 0 Å². The van der Waals surface area contributed by atoms with E-state index in [1.807, 2.05) is 0 Å². The van der Waals surface area contributed by atoms with Gasteiger partial charge < -0.3 is 5.32 Å². The molecule has 4 heteroatoms. The molecule has 0 aromatic heterocycles. The molecule has 1 spiro atoms. The van der Waals surface area contributed by atoms with Gasteiger partial charge in [-0.05, 0) is 49.4 Å². The van der Waals surface area contributed by atoms with E-state index < -0.39 is 5.54 Å². The Kier molecular flexibility index (Phi) is 1.47. The molecule has 3 saturated carbocycles. The molecule has 86 valence electrons. The predicted octanol–water partition coefficient (Wildman–Crippen LogP) is 1.02. The van der Waals surface area contributed by atoms with E-state index in [1.54, 1.807) is 0 Å². The maximum atomic E-state index is 12.0. The fraction of sp³-hybridized carbons (Fsp3) is 0.833. The van der Waals surface area contributed by atoms with Gasteiger partial charge in [-0.3, -0.25) is 10.1 Å². The Balaban J connectivity index is 1.74. The lowest BCUT2D eigenvalue weighted by molar-refractivity contribution is -0.126. The summed E-state index contributed by atoms with van der Waals surface area (Å²) in [6, 6.07) is -0.285. The molecule has 1 heterocycles. The first-order valence-corrected chi connectivity index (χ1v) is 6.34. The van der Waals surface area contributed by atoms with E-state index in [9.17, 15) is 9.59 Å². The van der Waals surface area contributed by atoms with Gasteiger partial charge >= 0.3 is 6.03 Å². The van der Waals surface area contributed by atoms with E-state index in [0.29, 0.717) is 17.8 Å². The number of carbonyl (C=O) groups is 2. The first-order valence-electron chi connectivity index (χ1n) is 6.34. The summed E-state index contributed by atoms with van der Waals surface area (Å²) >= 11 is 0. The van der Waals surface area contributed by atoms with Crippen molar-refractivity contribution in [3.63, 3.8) is 0 Å². The normalized spacial score (nSPS) is 53.2. The fourth-order valence-electron chi connectivity index (χ4n) is 5.05. The molecular weight excluding hydrogens is 204 g/mol. The lowest BCUT2D eigenvalue weighted by atomic mass is 9.71. The van der Waals surface area contributed by atoms with Crippen LogP contribution in [0.4, 0.5) is 4.79 Å².